The molecule has 1 saturated heterocycles. The Morgan fingerprint density at radius 3 is 2.55 bits per heavy atom. The Morgan fingerprint density at radius 2 is 1.85 bits per heavy atom. The Morgan fingerprint density at radius 1 is 1.10 bits per heavy atom. The molecular formula is C16H25N3O. The van der Waals surface area contributed by atoms with E-state index in [0.717, 1.165) is 30.5 Å². The molecule has 0 amide bonds. The van der Waals surface area contributed by atoms with Crippen molar-refractivity contribution >= 4 is 0 Å². The first-order valence-electron chi connectivity index (χ1n) is 7.74. The van der Waals surface area contributed by atoms with Crippen molar-refractivity contribution in [3.8, 4) is 5.75 Å². The lowest BCUT2D eigenvalue weighted by atomic mass is 10.2. The van der Waals surface area contributed by atoms with Crippen molar-refractivity contribution in [1.82, 2.24) is 9.80 Å². The fourth-order valence-electron chi connectivity index (χ4n) is 2.89. The number of ether oxygens (including phenoxy) is 1. The molecule has 2 aliphatic rings. The zero-order valence-electron chi connectivity index (χ0n) is 12.1. The third-order valence-corrected chi connectivity index (χ3v) is 4.33. The molecule has 3 rings (SSSR count). The first-order valence-corrected chi connectivity index (χ1v) is 7.74. The molecule has 0 radical (unpaired) electrons. The lowest BCUT2D eigenvalue weighted by molar-refractivity contribution is 0.112. The summed E-state index contributed by atoms with van der Waals surface area (Å²) >= 11 is 0. The van der Waals surface area contributed by atoms with E-state index in [4.69, 9.17) is 10.5 Å². The van der Waals surface area contributed by atoms with Crippen molar-refractivity contribution in [2.45, 2.75) is 25.4 Å². The van der Waals surface area contributed by atoms with Gasteiger partial charge in [-0.2, -0.15) is 0 Å². The van der Waals surface area contributed by atoms with E-state index in [9.17, 15) is 0 Å². The van der Waals surface area contributed by atoms with E-state index in [2.05, 4.69) is 9.80 Å². The second-order valence-corrected chi connectivity index (χ2v) is 5.77. The molecule has 1 heterocycles. The van der Waals surface area contributed by atoms with Crippen LogP contribution in [0.25, 0.3) is 0 Å². The summed E-state index contributed by atoms with van der Waals surface area (Å²) in [5.41, 5.74) is 6.81. The van der Waals surface area contributed by atoms with Gasteiger partial charge in [-0.3, -0.25) is 9.80 Å². The molecule has 0 atom stereocenters. The predicted octanol–water partition coefficient (Wildman–Crippen LogP) is 1.30. The van der Waals surface area contributed by atoms with Crippen LogP contribution < -0.4 is 10.5 Å². The molecular weight excluding hydrogens is 250 g/mol. The first kappa shape index (κ1) is 13.9. The smallest absolute Gasteiger partial charge is 0.123 e. The van der Waals surface area contributed by atoms with Crippen LogP contribution >= 0.6 is 0 Å². The zero-order chi connectivity index (χ0) is 13.8. The largest absolute Gasteiger partial charge is 0.492 e. The van der Waals surface area contributed by atoms with Gasteiger partial charge < -0.3 is 10.5 Å². The third-order valence-electron chi connectivity index (χ3n) is 4.33. The zero-order valence-corrected chi connectivity index (χ0v) is 12.1. The highest BCUT2D eigenvalue weighted by Crippen LogP contribution is 2.27. The molecule has 0 aromatic heterocycles. The van der Waals surface area contributed by atoms with Crippen molar-refractivity contribution in [1.29, 1.82) is 0 Å². The summed E-state index contributed by atoms with van der Waals surface area (Å²) in [4.78, 5) is 5.14. The van der Waals surface area contributed by atoms with Gasteiger partial charge in [0.25, 0.3) is 0 Å². The maximum atomic E-state index is 5.88. The highest BCUT2D eigenvalue weighted by atomic mass is 16.5. The van der Waals surface area contributed by atoms with E-state index >= 15 is 0 Å². The third kappa shape index (κ3) is 3.51. The summed E-state index contributed by atoms with van der Waals surface area (Å²) in [6.07, 6.45) is 2.83. The molecule has 1 aliphatic heterocycles. The van der Waals surface area contributed by atoms with Gasteiger partial charge >= 0.3 is 0 Å². The Bertz CT molecular complexity index is 425. The highest BCUT2D eigenvalue weighted by molar-refractivity contribution is 5.32. The molecule has 1 aromatic rings. The van der Waals surface area contributed by atoms with Crippen LogP contribution in [0, 0.1) is 0 Å². The maximum Gasteiger partial charge on any atom is 0.123 e. The fourth-order valence-corrected chi connectivity index (χ4v) is 2.89. The van der Waals surface area contributed by atoms with E-state index in [-0.39, 0.29) is 0 Å². The lowest BCUT2D eigenvalue weighted by Gasteiger charge is -2.34. The normalized spacial score (nSPS) is 21.1. The number of hydrogen-bond donors (Lipinski definition) is 1. The number of nitrogens with zero attached hydrogens (tertiary/aromatic N) is 2. The van der Waals surface area contributed by atoms with Crippen molar-refractivity contribution in [3.63, 3.8) is 0 Å². The van der Waals surface area contributed by atoms with Crippen LogP contribution in [0.3, 0.4) is 0 Å². The first-order chi connectivity index (χ1) is 9.86. The second kappa shape index (κ2) is 6.57. The van der Waals surface area contributed by atoms with E-state index in [1.54, 1.807) is 0 Å². The van der Waals surface area contributed by atoms with E-state index in [0.29, 0.717) is 6.54 Å². The van der Waals surface area contributed by atoms with Gasteiger partial charge in [-0.05, 0) is 18.9 Å². The van der Waals surface area contributed by atoms with Crippen molar-refractivity contribution < 1.29 is 4.74 Å². The molecule has 1 aliphatic carbocycles. The molecule has 1 aromatic carbocycles. The number of hydrogen-bond acceptors (Lipinski definition) is 4. The molecule has 4 nitrogen and oxygen atoms in total. The summed E-state index contributed by atoms with van der Waals surface area (Å²) in [5, 5.41) is 0. The second-order valence-electron chi connectivity index (χ2n) is 5.77. The number of para-hydroxylation sites is 1. The molecule has 110 valence electrons. The topological polar surface area (TPSA) is 41.7 Å². The van der Waals surface area contributed by atoms with E-state index < -0.39 is 0 Å². The maximum absolute atomic E-state index is 5.88. The van der Waals surface area contributed by atoms with Crippen molar-refractivity contribution in [3.05, 3.63) is 29.8 Å². The Labute approximate surface area is 121 Å². The molecule has 2 N–H and O–H groups in total. The minimum absolute atomic E-state index is 0.538. The SMILES string of the molecule is NCc1ccccc1OCCN1CCN(C2CC2)CC1. The number of benzene rings is 1. The van der Waals surface area contributed by atoms with Gasteiger partial charge in [0.2, 0.25) is 0 Å². The summed E-state index contributed by atoms with van der Waals surface area (Å²) in [6, 6.07) is 8.95. The lowest BCUT2D eigenvalue weighted by Crippen LogP contribution is -2.48. The molecule has 1 saturated carbocycles. The summed E-state index contributed by atoms with van der Waals surface area (Å²) < 4.78 is 5.88. The van der Waals surface area contributed by atoms with Gasteiger partial charge in [-0.25, -0.2) is 0 Å². The minimum atomic E-state index is 0.538. The van der Waals surface area contributed by atoms with Crippen LogP contribution in [-0.2, 0) is 6.54 Å². The Balaban J connectivity index is 1.39. The molecule has 20 heavy (non-hydrogen) atoms. The molecule has 0 unspecified atom stereocenters. The quantitative estimate of drug-likeness (QED) is 0.850. The van der Waals surface area contributed by atoms with Crippen LogP contribution in [0.1, 0.15) is 18.4 Å². The monoisotopic (exact) mass is 275 g/mol. The summed E-state index contributed by atoms with van der Waals surface area (Å²) in [7, 11) is 0. The van der Waals surface area contributed by atoms with Gasteiger partial charge in [0, 0.05) is 50.9 Å². The highest BCUT2D eigenvalue weighted by Gasteiger charge is 2.30. The molecule has 0 spiro atoms. The molecule has 0 bridgehead atoms. The number of rotatable bonds is 6. The van der Waals surface area contributed by atoms with Crippen LogP contribution in [0.15, 0.2) is 24.3 Å². The van der Waals surface area contributed by atoms with Crippen molar-refractivity contribution in [2.24, 2.45) is 5.73 Å². The predicted molar refractivity (Wildman–Crippen MR) is 80.9 cm³/mol. The van der Waals surface area contributed by atoms with E-state index in [1.807, 2.05) is 24.3 Å². The van der Waals surface area contributed by atoms with E-state index in [1.165, 1.54) is 39.0 Å². The number of piperazine rings is 1. The van der Waals surface area contributed by atoms with Crippen LogP contribution in [-0.4, -0.2) is 55.2 Å². The molecule has 2 fully saturated rings. The van der Waals surface area contributed by atoms with Gasteiger partial charge in [-0.1, -0.05) is 18.2 Å². The van der Waals surface area contributed by atoms with Crippen LogP contribution in [0.2, 0.25) is 0 Å². The average Bonchev–Trinajstić information content (AvgIpc) is 3.33. The minimum Gasteiger partial charge on any atom is -0.492 e. The van der Waals surface area contributed by atoms with Crippen LogP contribution in [0.4, 0.5) is 0 Å². The summed E-state index contributed by atoms with van der Waals surface area (Å²) in [6.45, 7) is 7.11. The van der Waals surface area contributed by atoms with Gasteiger partial charge in [0.1, 0.15) is 12.4 Å². The number of nitrogens with two attached hydrogens (primary N) is 1. The van der Waals surface area contributed by atoms with Crippen LogP contribution in [0.5, 0.6) is 5.75 Å². The van der Waals surface area contributed by atoms with Gasteiger partial charge in [0.05, 0.1) is 0 Å². The van der Waals surface area contributed by atoms with Crippen molar-refractivity contribution in [2.75, 3.05) is 39.3 Å². The van der Waals surface area contributed by atoms with Gasteiger partial charge in [0.15, 0.2) is 0 Å². The average molecular weight is 275 g/mol. The summed E-state index contributed by atoms with van der Waals surface area (Å²) in [5.74, 6) is 0.937. The Hall–Kier alpha value is -1.10. The standard InChI is InChI=1S/C16H25N3O/c17-13-14-3-1-2-4-16(14)20-12-11-18-7-9-19(10-8-18)15-5-6-15/h1-4,15H,5-13,17H2. The fraction of sp³-hybridized carbons (Fsp3) is 0.625. The molecule has 4 heteroatoms. The Kier molecular flexibility index (Phi) is 4.55. The van der Waals surface area contributed by atoms with Gasteiger partial charge in [-0.15, -0.1) is 0 Å².